The maximum Gasteiger partial charge on any atom is 0.326 e. The lowest BCUT2D eigenvalue weighted by atomic mass is 10.0. The van der Waals surface area contributed by atoms with Gasteiger partial charge in [0, 0.05) is 41.8 Å². The van der Waals surface area contributed by atoms with Crippen molar-refractivity contribution >= 4 is 40.5 Å². The van der Waals surface area contributed by atoms with Crippen molar-refractivity contribution in [2.75, 3.05) is 6.54 Å². The van der Waals surface area contributed by atoms with E-state index in [9.17, 15) is 29.1 Å². The molecule has 0 radical (unpaired) electrons. The molecule has 9 N–H and O–H groups in total. The lowest BCUT2D eigenvalue weighted by Gasteiger charge is -2.24. The van der Waals surface area contributed by atoms with Crippen LogP contribution in [0.1, 0.15) is 30.5 Å². The number of aromatic nitrogens is 3. The number of aliphatic carboxylic acids is 1. The molecule has 212 valence electrons. The molecule has 4 rings (SSSR count). The Bertz CT molecular complexity index is 1360. The summed E-state index contributed by atoms with van der Waals surface area (Å²) in [4.78, 5) is 72.8. The molecular formula is C26H32N8O6. The van der Waals surface area contributed by atoms with Gasteiger partial charge in [-0.05, 0) is 31.0 Å². The Balaban J connectivity index is 1.52. The van der Waals surface area contributed by atoms with E-state index in [1.54, 1.807) is 6.20 Å². The Hall–Kier alpha value is -4.72. The summed E-state index contributed by atoms with van der Waals surface area (Å²) in [6.45, 7) is 0.682. The molecular weight excluding hydrogens is 520 g/mol. The summed E-state index contributed by atoms with van der Waals surface area (Å²) in [7, 11) is 0. The average molecular weight is 553 g/mol. The Kier molecular flexibility index (Phi) is 9.11. The molecule has 2 aromatic heterocycles. The van der Waals surface area contributed by atoms with Crippen molar-refractivity contribution in [3.63, 3.8) is 0 Å². The summed E-state index contributed by atoms with van der Waals surface area (Å²) in [6.07, 6.45) is 5.38. The molecule has 0 spiro atoms. The van der Waals surface area contributed by atoms with Crippen molar-refractivity contribution in [3.8, 4) is 0 Å². The normalized spacial score (nSPS) is 17.1. The van der Waals surface area contributed by atoms with Crippen LogP contribution in [0.3, 0.4) is 0 Å². The zero-order valence-electron chi connectivity index (χ0n) is 21.6. The third-order valence-corrected chi connectivity index (χ3v) is 6.74. The molecule has 14 nitrogen and oxygen atoms in total. The summed E-state index contributed by atoms with van der Waals surface area (Å²) in [5.74, 6) is -4.19. The van der Waals surface area contributed by atoms with Crippen LogP contribution in [0.25, 0.3) is 10.9 Å². The van der Waals surface area contributed by atoms with Gasteiger partial charge < -0.3 is 42.1 Å². The highest BCUT2D eigenvalue weighted by Crippen LogP contribution is 2.19. The number of carboxylic acid groups (broad SMARTS) is 1. The second-order valence-electron chi connectivity index (χ2n) is 9.69. The predicted octanol–water partition coefficient (Wildman–Crippen LogP) is -1.16. The minimum atomic E-state index is -1.47. The number of H-pyrrole nitrogens is 2. The standard InChI is InChI=1S/C26H32N8O6/c27-22(35)10-20(25(38)34-21(26(39)40)9-15-12-28-13-31-15)33-24(37)19(32-23(36)18-6-3-7-29-18)8-14-11-30-17-5-2-1-4-16(14)17/h1-2,4-5,11-13,18-21,29-30H,3,6-10H2,(H2,27,35)(H,28,31)(H,32,36)(H,33,37)(H,34,38)(H,39,40). The fraction of sp³-hybridized carbons (Fsp3) is 0.385. The van der Waals surface area contributed by atoms with E-state index in [4.69, 9.17) is 5.73 Å². The molecule has 4 amide bonds. The topological polar surface area (TPSA) is 224 Å². The molecule has 3 aromatic rings. The number of benzene rings is 1. The predicted molar refractivity (Wildman–Crippen MR) is 143 cm³/mol. The average Bonchev–Trinajstić information content (AvgIpc) is 3.70. The number of hydrogen-bond donors (Lipinski definition) is 8. The molecule has 1 fully saturated rings. The first-order valence-corrected chi connectivity index (χ1v) is 12.9. The van der Waals surface area contributed by atoms with Gasteiger partial charge in [-0.1, -0.05) is 18.2 Å². The van der Waals surface area contributed by atoms with Gasteiger partial charge in [0.05, 0.1) is 18.8 Å². The van der Waals surface area contributed by atoms with Crippen LogP contribution < -0.4 is 27.0 Å². The van der Waals surface area contributed by atoms with Crippen LogP contribution >= 0.6 is 0 Å². The number of rotatable bonds is 13. The number of aromatic amines is 2. The molecule has 14 heteroatoms. The minimum absolute atomic E-state index is 0.0940. The summed E-state index contributed by atoms with van der Waals surface area (Å²) >= 11 is 0. The number of imidazole rings is 1. The van der Waals surface area contributed by atoms with E-state index in [2.05, 4.69) is 36.2 Å². The Morgan fingerprint density at radius 1 is 1.00 bits per heavy atom. The van der Waals surface area contributed by atoms with Crippen LogP contribution in [0.4, 0.5) is 0 Å². The van der Waals surface area contributed by atoms with E-state index < -0.39 is 54.3 Å². The molecule has 3 heterocycles. The molecule has 4 unspecified atom stereocenters. The van der Waals surface area contributed by atoms with Crippen LogP contribution in [-0.2, 0) is 36.8 Å². The van der Waals surface area contributed by atoms with Gasteiger partial charge >= 0.3 is 5.97 Å². The Labute approximate surface area is 228 Å². The van der Waals surface area contributed by atoms with E-state index >= 15 is 0 Å². The number of nitrogens with zero attached hydrogens (tertiary/aromatic N) is 1. The van der Waals surface area contributed by atoms with Crippen molar-refractivity contribution in [1.82, 2.24) is 36.2 Å². The first-order chi connectivity index (χ1) is 19.2. The number of nitrogens with two attached hydrogens (primary N) is 1. The van der Waals surface area contributed by atoms with Gasteiger partial charge in [-0.3, -0.25) is 19.2 Å². The maximum atomic E-state index is 13.5. The highest BCUT2D eigenvalue weighted by Gasteiger charge is 2.33. The smallest absolute Gasteiger partial charge is 0.326 e. The molecule has 1 aliphatic rings. The number of amides is 4. The van der Waals surface area contributed by atoms with E-state index in [1.165, 1.54) is 12.5 Å². The number of hydrogen-bond acceptors (Lipinski definition) is 7. The molecule has 40 heavy (non-hydrogen) atoms. The zero-order valence-corrected chi connectivity index (χ0v) is 21.6. The van der Waals surface area contributed by atoms with Crippen LogP contribution in [-0.4, -0.2) is 80.4 Å². The third kappa shape index (κ3) is 7.22. The largest absolute Gasteiger partial charge is 0.480 e. The van der Waals surface area contributed by atoms with Crippen molar-refractivity contribution in [2.24, 2.45) is 5.73 Å². The second-order valence-corrected chi connectivity index (χ2v) is 9.69. The number of carbonyl (C=O) groups is 5. The fourth-order valence-corrected chi connectivity index (χ4v) is 4.68. The van der Waals surface area contributed by atoms with E-state index in [0.717, 1.165) is 22.9 Å². The Morgan fingerprint density at radius 3 is 2.42 bits per heavy atom. The van der Waals surface area contributed by atoms with E-state index in [1.807, 2.05) is 24.3 Å². The number of fused-ring (bicyclic) bond motifs is 1. The van der Waals surface area contributed by atoms with E-state index in [-0.39, 0.29) is 18.7 Å². The number of carbonyl (C=O) groups excluding carboxylic acids is 4. The molecule has 1 aromatic carbocycles. The highest BCUT2D eigenvalue weighted by molar-refractivity contribution is 5.96. The SMILES string of the molecule is NC(=O)CC(NC(=O)C(Cc1c[nH]c2ccccc12)NC(=O)C1CCCN1)C(=O)NC(Cc1cnc[nH]1)C(=O)O. The molecule has 4 atom stereocenters. The number of carboxylic acids is 1. The summed E-state index contributed by atoms with van der Waals surface area (Å²) < 4.78 is 0. The van der Waals surface area contributed by atoms with Gasteiger partial charge in [0.1, 0.15) is 18.1 Å². The monoisotopic (exact) mass is 552 g/mol. The van der Waals surface area contributed by atoms with Crippen molar-refractivity contribution in [1.29, 1.82) is 0 Å². The van der Waals surface area contributed by atoms with Crippen molar-refractivity contribution < 1.29 is 29.1 Å². The van der Waals surface area contributed by atoms with Crippen LogP contribution in [0.5, 0.6) is 0 Å². The van der Waals surface area contributed by atoms with Crippen molar-refractivity contribution in [3.05, 3.63) is 54.2 Å². The lowest BCUT2D eigenvalue weighted by Crippen LogP contribution is -2.58. The first-order valence-electron chi connectivity index (χ1n) is 12.9. The molecule has 1 aliphatic heterocycles. The summed E-state index contributed by atoms with van der Waals surface area (Å²) in [6, 6.07) is 3.08. The van der Waals surface area contributed by atoms with Gasteiger partial charge in [-0.2, -0.15) is 0 Å². The number of primary amides is 1. The number of nitrogens with one attached hydrogen (secondary N) is 6. The third-order valence-electron chi connectivity index (χ3n) is 6.74. The minimum Gasteiger partial charge on any atom is -0.480 e. The van der Waals surface area contributed by atoms with Gasteiger partial charge in [0.25, 0.3) is 0 Å². The lowest BCUT2D eigenvalue weighted by molar-refractivity contribution is -0.142. The van der Waals surface area contributed by atoms with Gasteiger partial charge in [0.2, 0.25) is 23.6 Å². The highest BCUT2D eigenvalue weighted by atomic mass is 16.4. The second kappa shape index (κ2) is 12.9. The van der Waals surface area contributed by atoms with Gasteiger partial charge in [-0.15, -0.1) is 0 Å². The maximum absolute atomic E-state index is 13.5. The van der Waals surface area contributed by atoms with Crippen LogP contribution in [0.2, 0.25) is 0 Å². The molecule has 0 bridgehead atoms. The zero-order chi connectivity index (χ0) is 28.6. The quantitative estimate of drug-likeness (QED) is 0.129. The number of para-hydroxylation sites is 1. The van der Waals surface area contributed by atoms with Crippen molar-refractivity contribution in [2.45, 2.75) is 56.3 Å². The molecule has 1 saturated heterocycles. The molecule has 0 aliphatic carbocycles. The van der Waals surface area contributed by atoms with Crippen LogP contribution in [0.15, 0.2) is 43.0 Å². The van der Waals surface area contributed by atoms with Gasteiger partial charge in [0.15, 0.2) is 0 Å². The Morgan fingerprint density at radius 2 is 1.75 bits per heavy atom. The summed E-state index contributed by atoms with van der Waals surface area (Å²) in [5.41, 5.74) is 7.41. The fourth-order valence-electron chi connectivity index (χ4n) is 4.68. The first kappa shape index (κ1) is 28.3. The van der Waals surface area contributed by atoms with E-state index in [0.29, 0.717) is 18.7 Å². The van der Waals surface area contributed by atoms with Gasteiger partial charge in [-0.25, -0.2) is 9.78 Å². The van der Waals surface area contributed by atoms with Crippen LogP contribution in [0, 0.1) is 0 Å². The summed E-state index contributed by atoms with van der Waals surface area (Å²) in [5, 5.41) is 21.2. The molecule has 0 saturated carbocycles.